The summed E-state index contributed by atoms with van der Waals surface area (Å²) in [6.07, 6.45) is 2.97. The number of benzene rings is 1. The van der Waals surface area contributed by atoms with E-state index in [9.17, 15) is 9.50 Å². The topological polar surface area (TPSA) is 55.5 Å². The summed E-state index contributed by atoms with van der Waals surface area (Å²) in [7, 11) is 0. The van der Waals surface area contributed by atoms with Gasteiger partial charge in [-0.2, -0.15) is 0 Å². The summed E-state index contributed by atoms with van der Waals surface area (Å²) < 4.78 is 19.4. The van der Waals surface area contributed by atoms with E-state index in [0.29, 0.717) is 11.3 Å². The molecule has 0 bridgehead atoms. The van der Waals surface area contributed by atoms with Gasteiger partial charge >= 0.3 is 0 Å². The van der Waals surface area contributed by atoms with E-state index in [-0.39, 0.29) is 18.0 Å². The minimum atomic E-state index is -0.449. The predicted octanol–water partition coefficient (Wildman–Crippen LogP) is 2.53. The Balaban J connectivity index is 2.07. The van der Waals surface area contributed by atoms with Gasteiger partial charge in [-0.1, -0.05) is 12.5 Å². The zero-order valence-electron chi connectivity index (χ0n) is 10.6. The Kier molecular flexibility index (Phi) is 4.19. The molecule has 100 valence electrons. The van der Waals surface area contributed by atoms with Crippen molar-refractivity contribution in [1.82, 2.24) is 0 Å². The molecule has 2 unspecified atom stereocenters. The first-order valence-corrected chi connectivity index (χ1v) is 6.47. The van der Waals surface area contributed by atoms with E-state index in [1.807, 2.05) is 0 Å². The van der Waals surface area contributed by atoms with Crippen LogP contribution in [0.2, 0.25) is 0 Å². The molecular formula is C14H20FNO2. The quantitative estimate of drug-likeness (QED) is 0.870. The second kappa shape index (κ2) is 5.67. The molecule has 0 aromatic heterocycles. The van der Waals surface area contributed by atoms with Crippen molar-refractivity contribution in [3.63, 3.8) is 0 Å². The molecule has 0 spiro atoms. The van der Waals surface area contributed by atoms with Crippen LogP contribution in [-0.2, 0) is 0 Å². The van der Waals surface area contributed by atoms with Crippen LogP contribution >= 0.6 is 0 Å². The van der Waals surface area contributed by atoms with E-state index in [0.717, 1.165) is 25.7 Å². The number of aliphatic hydroxyl groups is 1. The summed E-state index contributed by atoms with van der Waals surface area (Å²) >= 11 is 0. The first-order chi connectivity index (χ1) is 8.58. The molecule has 0 amide bonds. The molecule has 2 rings (SSSR count). The van der Waals surface area contributed by atoms with Crippen molar-refractivity contribution < 1.29 is 14.2 Å². The molecule has 1 saturated carbocycles. The number of rotatable bonds is 3. The summed E-state index contributed by atoms with van der Waals surface area (Å²) in [4.78, 5) is 0. The molecule has 18 heavy (non-hydrogen) atoms. The average Bonchev–Trinajstić information content (AvgIpc) is 2.32. The maximum Gasteiger partial charge on any atom is 0.131 e. The Bertz CT molecular complexity index is 409. The first kappa shape index (κ1) is 13.3. The molecule has 3 N–H and O–H groups in total. The second-order valence-electron chi connectivity index (χ2n) is 4.98. The van der Waals surface area contributed by atoms with E-state index in [1.54, 1.807) is 19.1 Å². The van der Waals surface area contributed by atoms with Gasteiger partial charge in [0, 0.05) is 17.7 Å². The van der Waals surface area contributed by atoms with Gasteiger partial charge in [-0.3, -0.25) is 0 Å². The van der Waals surface area contributed by atoms with Crippen LogP contribution in [0.5, 0.6) is 5.75 Å². The number of hydrogen-bond donors (Lipinski definition) is 2. The molecule has 3 atom stereocenters. The smallest absolute Gasteiger partial charge is 0.131 e. The summed E-state index contributed by atoms with van der Waals surface area (Å²) in [5.41, 5.74) is 6.13. The van der Waals surface area contributed by atoms with E-state index in [2.05, 4.69) is 0 Å². The maximum atomic E-state index is 13.7. The minimum Gasteiger partial charge on any atom is -0.488 e. The Labute approximate surface area is 107 Å². The largest absolute Gasteiger partial charge is 0.488 e. The highest BCUT2D eigenvalue weighted by atomic mass is 19.1. The van der Waals surface area contributed by atoms with Gasteiger partial charge < -0.3 is 15.6 Å². The Hall–Kier alpha value is -1.13. The van der Waals surface area contributed by atoms with Crippen molar-refractivity contribution in [3.05, 3.63) is 29.6 Å². The van der Waals surface area contributed by atoms with Crippen LogP contribution in [0.1, 0.15) is 44.2 Å². The second-order valence-corrected chi connectivity index (χ2v) is 4.98. The van der Waals surface area contributed by atoms with Crippen molar-refractivity contribution in [1.29, 1.82) is 0 Å². The lowest BCUT2D eigenvalue weighted by molar-refractivity contribution is 0.00671. The average molecular weight is 253 g/mol. The van der Waals surface area contributed by atoms with Crippen LogP contribution in [0.4, 0.5) is 4.39 Å². The third-order valence-electron chi connectivity index (χ3n) is 3.42. The number of hydrogen-bond acceptors (Lipinski definition) is 3. The highest BCUT2D eigenvalue weighted by molar-refractivity contribution is 5.30. The number of ether oxygens (including phenoxy) is 1. The summed E-state index contributed by atoms with van der Waals surface area (Å²) in [5, 5.41) is 9.80. The molecule has 1 fully saturated rings. The van der Waals surface area contributed by atoms with Crippen molar-refractivity contribution >= 4 is 0 Å². The van der Waals surface area contributed by atoms with Gasteiger partial charge in [0.05, 0.1) is 6.10 Å². The molecule has 4 heteroatoms. The molecule has 1 aromatic rings. The highest BCUT2D eigenvalue weighted by Gasteiger charge is 2.24. The molecule has 1 aliphatic carbocycles. The van der Waals surface area contributed by atoms with Crippen LogP contribution in [0.3, 0.4) is 0 Å². The normalized spacial score (nSPS) is 25.8. The molecule has 3 nitrogen and oxygen atoms in total. The maximum absolute atomic E-state index is 13.7. The Morgan fingerprint density at radius 3 is 2.72 bits per heavy atom. The molecule has 1 aromatic carbocycles. The fraction of sp³-hybridized carbons (Fsp3) is 0.571. The SMILES string of the molecule is C[C@@H](N)c1ccc(OC2CCCCC2O)cc1F. The molecule has 0 radical (unpaired) electrons. The number of nitrogens with two attached hydrogens (primary N) is 1. The van der Waals surface area contributed by atoms with Crippen LogP contribution < -0.4 is 10.5 Å². The lowest BCUT2D eigenvalue weighted by Crippen LogP contribution is -2.34. The van der Waals surface area contributed by atoms with Gasteiger partial charge in [0.25, 0.3) is 0 Å². The highest BCUT2D eigenvalue weighted by Crippen LogP contribution is 2.26. The zero-order chi connectivity index (χ0) is 13.1. The summed E-state index contributed by atoms with van der Waals surface area (Å²) in [6.45, 7) is 1.74. The van der Waals surface area contributed by atoms with Crippen LogP contribution in [0.25, 0.3) is 0 Å². The van der Waals surface area contributed by atoms with Gasteiger partial charge in [0.2, 0.25) is 0 Å². The van der Waals surface area contributed by atoms with E-state index >= 15 is 0 Å². The van der Waals surface area contributed by atoms with Crippen molar-refractivity contribution in [2.45, 2.75) is 50.9 Å². The standard InChI is InChI=1S/C14H20FNO2/c1-9(16)11-7-6-10(8-12(11)15)18-14-5-3-2-4-13(14)17/h6-9,13-14,17H,2-5,16H2,1H3/t9-,13?,14?/m1/s1. The molecule has 1 aliphatic rings. The summed E-state index contributed by atoms with van der Waals surface area (Å²) in [6, 6.07) is 4.37. The molecule has 0 aliphatic heterocycles. The molecule has 0 heterocycles. The van der Waals surface area contributed by atoms with E-state index in [1.165, 1.54) is 6.07 Å². The predicted molar refractivity (Wildman–Crippen MR) is 67.9 cm³/mol. The van der Waals surface area contributed by atoms with E-state index < -0.39 is 6.10 Å². The number of aliphatic hydroxyl groups excluding tert-OH is 1. The van der Waals surface area contributed by atoms with Crippen molar-refractivity contribution in [3.8, 4) is 5.75 Å². The minimum absolute atomic E-state index is 0.223. The number of halogens is 1. The third kappa shape index (κ3) is 3.00. The van der Waals surface area contributed by atoms with Crippen molar-refractivity contribution in [2.75, 3.05) is 0 Å². The fourth-order valence-electron chi connectivity index (χ4n) is 2.34. The van der Waals surface area contributed by atoms with Gasteiger partial charge in [0.15, 0.2) is 0 Å². The van der Waals surface area contributed by atoms with Crippen LogP contribution in [0.15, 0.2) is 18.2 Å². The van der Waals surface area contributed by atoms with Gasteiger partial charge in [-0.05, 0) is 32.3 Å². The van der Waals surface area contributed by atoms with E-state index in [4.69, 9.17) is 10.5 Å². The Morgan fingerprint density at radius 1 is 1.39 bits per heavy atom. The molecular weight excluding hydrogens is 233 g/mol. The monoisotopic (exact) mass is 253 g/mol. The van der Waals surface area contributed by atoms with Gasteiger partial charge in [-0.15, -0.1) is 0 Å². The zero-order valence-corrected chi connectivity index (χ0v) is 10.6. The lowest BCUT2D eigenvalue weighted by atomic mass is 9.95. The first-order valence-electron chi connectivity index (χ1n) is 6.47. The molecule has 0 saturated heterocycles. The van der Waals surface area contributed by atoms with Crippen molar-refractivity contribution in [2.24, 2.45) is 5.73 Å². The van der Waals surface area contributed by atoms with Crippen LogP contribution in [0, 0.1) is 5.82 Å². The van der Waals surface area contributed by atoms with Gasteiger partial charge in [-0.25, -0.2) is 4.39 Å². The summed E-state index contributed by atoms with van der Waals surface area (Å²) in [5.74, 6) is 0.107. The lowest BCUT2D eigenvalue weighted by Gasteiger charge is -2.28. The van der Waals surface area contributed by atoms with Crippen LogP contribution in [-0.4, -0.2) is 17.3 Å². The fourth-order valence-corrected chi connectivity index (χ4v) is 2.34. The van der Waals surface area contributed by atoms with Gasteiger partial charge in [0.1, 0.15) is 17.7 Å². The third-order valence-corrected chi connectivity index (χ3v) is 3.42. The Morgan fingerprint density at radius 2 is 2.11 bits per heavy atom.